The number of aliphatic imine (C=N–C) groups is 1. The second-order valence-electron chi connectivity index (χ2n) is 18.1. The number of aliphatic carboxylic acids is 1. The van der Waals surface area contributed by atoms with Gasteiger partial charge in [-0.15, -0.1) is 6.58 Å². The minimum Gasteiger partial charge on any atom is -0.492 e. The van der Waals surface area contributed by atoms with Crippen molar-refractivity contribution in [1.82, 2.24) is 15.5 Å². The number of carboxylic acid groups (broad SMARTS) is 1. The van der Waals surface area contributed by atoms with Crippen LogP contribution in [0.1, 0.15) is 111 Å². The van der Waals surface area contributed by atoms with Gasteiger partial charge in [0.25, 0.3) is 0 Å². The molecule has 0 spiro atoms. The first kappa shape index (κ1) is 41.5. The Morgan fingerprint density at radius 2 is 1.86 bits per heavy atom. The highest BCUT2D eigenvalue weighted by atomic mass is 16.5. The Labute approximate surface area is 333 Å². The summed E-state index contributed by atoms with van der Waals surface area (Å²) in [5.41, 5.74) is 1.87. The number of carbonyl (C=O) groups is 4. The van der Waals surface area contributed by atoms with Gasteiger partial charge in [-0.1, -0.05) is 83.9 Å². The highest BCUT2D eigenvalue weighted by Gasteiger charge is 2.48. The Balaban J connectivity index is 1.36. The highest BCUT2D eigenvalue weighted by Crippen LogP contribution is 2.48. The molecular formula is C45H64N4O7. The lowest BCUT2D eigenvalue weighted by molar-refractivity contribution is -0.145. The molecule has 2 aliphatic carbocycles. The van der Waals surface area contributed by atoms with Crippen LogP contribution in [0.15, 0.2) is 59.8 Å². The van der Waals surface area contributed by atoms with Crippen molar-refractivity contribution in [1.29, 1.82) is 0 Å². The number of carbonyl (C=O) groups excluding carboxylic acids is 3. The second-order valence-corrected chi connectivity index (χ2v) is 18.1. The number of dihydropyridines is 1. The number of cyclic esters (lactones) is 1. The Morgan fingerprint density at radius 1 is 1.09 bits per heavy atom. The average Bonchev–Trinajstić information content (AvgIpc) is 3.75. The molecule has 0 radical (unpaired) electrons. The van der Waals surface area contributed by atoms with Gasteiger partial charge in [0, 0.05) is 24.3 Å². The number of carboxylic acids is 1. The Morgan fingerprint density at radius 3 is 2.55 bits per heavy atom. The maximum absolute atomic E-state index is 15.0. The van der Waals surface area contributed by atoms with Crippen molar-refractivity contribution in [3.05, 3.63) is 60.4 Å². The molecule has 11 nitrogen and oxygen atoms in total. The van der Waals surface area contributed by atoms with Gasteiger partial charge in [0.15, 0.2) is 0 Å². The smallest absolute Gasteiger partial charge is 0.407 e. The molecule has 3 N–H and O–H groups in total. The lowest BCUT2D eigenvalue weighted by atomic mass is 9.72. The van der Waals surface area contributed by atoms with E-state index in [2.05, 4.69) is 56.2 Å². The van der Waals surface area contributed by atoms with Gasteiger partial charge in [0.2, 0.25) is 11.8 Å². The summed E-state index contributed by atoms with van der Waals surface area (Å²) in [5, 5.41) is 15.7. The number of benzene rings is 1. The Hall–Kier alpha value is -4.15. The maximum atomic E-state index is 15.0. The SMILES string of the molecule is C=C[C@H](C)C(NC(=O)[C@@H]1C[C@@H]2CN1C(=O)[C@H](C(C)CC1(C)CCC[C@@H]1C)NC(=O)OCCCC(C)CC1CCC3N=C(c4ccccc4)C=C(O2)C3C1)C(=O)O. The summed E-state index contributed by atoms with van der Waals surface area (Å²) in [4.78, 5) is 61.8. The number of nitrogens with one attached hydrogen (secondary N) is 2. The summed E-state index contributed by atoms with van der Waals surface area (Å²) in [6, 6.07) is 6.94. The van der Waals surface area contributed by atoms with Gasteiger partial charge in [0.1, 0.15) is 30.0 Å². The third-order valence-corrected chi connectivity index (χ3v) is 13.8. The third-order valence-electron chi connectivity index (χ3n) is 13.8. The molecule has 3 heterocycles. The van der Waals surface area contributed by atoms with Crippen LogP contribution in [0.5, 0.6) is 0 Å². The van der Waals surface area contributed by atoms with E-state index in [0.717, 1.165) is 74.8 Å². The van der Waals surface area contributed by atoms with Crippen LogP contribution < -0.4 is 10.6 Å². The molecule has 3 aliphatic heterocycles. The number of rotatable bonds is 9. The van der Waals surface area contributed by atoms with E-state index in [1.165, 1.54) is 11.0 Å². The molecule has 7 unspecified atom stereocenters. The molecule has 0 aromatic heterocycles. The van der Waals surface area contributed by atoms with Crippen LogP contribution in [0.25, 0.3) is 0 Å². The van der Waals surface area contributed by atoms with Crippen molar-refractivity contribution in [3.63, 3.8) is 0 Å². The van der Waals surface area contributed by atoms with Crippen LogP contribution in [0.4, 0.5) is 4.79 Å². The van der Waals surface area contributed by atoms with Gasteiger partial charge in [0.05, 0.1) is 24.9 Å². The van der Waals surface area contributed by atoms with Gasteiger partial charge in [-0.05, 0) is 86.0 Å². The second kappa shape index (κ2) is 18.0. The van der Waals surface area contributed by atoms with Crippen LogP contribution in [-0.2, 0) is 23.9 Å². The summed E-state index contributed by atoms with van der Waals surface area (Å²) in [6.07, 6.45) is 12.2. The van der Waals surface area contributed by atoms with E-state index in [1.807, 2.05) is 25.1 Å². The highest BCUT2D eigenvalue weighted by molar-refractivity contribution is 6.09. The molecule has 3 amide bonds. The summed E-state index contributed by atoms with van der Waals surface area (Å²) in [6.45, 7) is 14.6. The fourth-order valence-corrected chi connectivity index (χ4v) is 10.3. The molecule has 306 valence electrons. The van der Waals surface area contributed by atoms with Crippen LogP contribution in [-0.4, -0.2) is 83.0 Å². The molecule has 5 aliphatic rings. The molecule has 1 aromatic carbocycles. The first-order chi connectivity index (χ1) is 26.8. The predicted octanol–water partition coefficient (Wildman–Crippen LogP) is 7.30. The van der Waals surface area contributed by atoms with Crippen molar-refractivity contribution in [3.8, 4) is 0 Å². The Bertz CT molecular complexity index is 1660. The number of ether oxygens (including phenoxy) is 2. The molecule has 4 bridgehead atoms. The summed E-state index contributed by atoms with van der Waals surface area (Å²) in [5.74, 6) is -0.679. The van der Waals surface area contributed by atoms with Crippen LogP contribution >= 0.6 is 0 Å². The molecule has 2 saturated heterocycles. The minimum atomic E-state index is -1.23. The largest absolute Gasteiger partial charge is 0.492 e. The number of alkyl carbamates (subject to hydrolysis) is 1. The zero-order valence-electron chi connectivity index (χ0n) is 34.1. The molecule has 1 aromatic rings. The zero-order valence-corrected chi connectivity index (χ0v) is 34.1. The molecule has 56 heavy (non-hydrogen) atoms. The summed E-state index contributed by atoms with van der Waals surface area (Å²) >= 11 is 0. The first-order valence-corrected chi connectivity index (χ1v) is 21.2. The van der Waals surface area contributed by atoms with Crippen LogP contribution in [0.2, 0.25) is 0 Å². The maximum Gasteiger partial charge on any atom is 0.407 e. The fraction of sp³-hybridized carbons (Fsp3) is 0.667. The van der Waals surface area contributed by atoms with Gasteiger partial charge in [-0.2, -0.15) is 0 Å². The lowest BCUT2D eigenvalue weighted by Crippen LogP contribution is -2.57. The predicted molar refractivity (Wildman–Crippen MR) is 216 cm³/mol. The van der Waals surface area contributed by atoms with E-state index in [0.29, 0.717) is 24.2 Å². The molecule has 2 saturated carbocycles. The van der Waals surface area contributed by atoms with Gasteiger partial charge < -0.3 is 30.1 Å². The van der Waals surface area contributed by atoms with Gasteiger partial charge in [-0.3, -0.25) is 14.6 Å². The number of nitrogens with zero attached hydrogens (tertiary/aromatic N) is 2. The number of fused-ring (bicyclic) bond motifs is 3. The fourth-order valence-electron chi connectivity index (χ4n) is 10.3. The van der Waals surface area contributed by atoms with Crippen molar-refractivity contribution >= 4 is 29.6 Å². The van der Waals surface area contributed by atoms with Crippen LogP contribution in [0, 0.1) is 40.9 Å². The minimum absolute atomic E-state index is 0.00371. The standard InChI is InChI=1S/C45H64N4O7/c1-7-28(3)40(43(52)53)47-41(50)37-23-33-26-49(37)42(51)39(29(4)25-45(6)19-11-14-30(45)5)48-44(54)55-20-12-13-27(2)21-31-17-18-35-34(22-31)38(56-33)24-36(46-35)32-15-9-8-10-16-32/h7-10,15-16,24,27-31,33-35,37,39-40H,1,11-14,17-23,25-26H2,2-6H3,(H,47,50)(H,48,54)(H,52,53)/t27?,28-,29?,30-,31?,33+,34?,35?,37-,39-,40?,45?/m0/s1. The van der Waals surface area contributed by atoms with E-state index < -0.39 is 54.0 Å². The van der Waals surface area contributed by atoms with Gasteiger partial charge >= 0.3 is 12.1 Å². The Kier molecular flexibility index (Phi) is 13.3. The number of amides is 3. The lowest BCUT2D eigenvalue weighted by Gasteiger charge is -2.39. The average molecular weight is 773 g/mol. The third kappa shape index (κ3) is 9.51. The molecule has 4 fully saturated rings. The zero-order chi connectivity index (χ0) is 40.1. The van der Waals surface area contributed by atoms with Gasteiger partial charge in [-0.25, -0.2) is 9.59 Å². The van der Waals surface area contributed by atoms with Crippen molar-refractivity contribution in [2.75, 3.05) is 13.2 Å². The molecule has 11 heteroatoms. The molecular weight excluding hydrogens is 709 g/mol. The topological polar surface area (TPSA) is 147 Å². The molecule has 12 atom stereocenters. The van der Waals surface area contributed by atoms with Crippen molar-refractivity contribution < 1.29 is 33.8 Å². The monoisotopic (exact) mass is 772 g/mol. The number of hydrogen-bond acceptors (Lipinski definition) is 7. The van der Waals surface area contributed by atoms with E-state index in [9.17, 15) is 24.3 Å². The van der Waals surface area contributed by atoms with Crippen LogP contribution in [0.3, 0.4) is 0 Å². The number of hydrogen-bond donors (Lipinski definition) is 3. The van der Waals surface area contributed by atoms with E-state index >= 15 is 0 Å². The summed E-state index contributed by atoms with van der Waals surface area (Å²) in [7, 11) is 0. The molecule has 6 rings (SSSR count). The van der Waals surface area contributed by atoms with E-state index in [4.69, 9.17) is 14.5 Å². The normalized spacial score (nSPS) is 34.2. The van der Waals surface area contributed by atoms with E-state index in [1.54, 1.807) is 6.92 Å². The van der Waals surface area contributed by atoms with Crippen molar-refractivity contribution in [2.45, 2.75) is 136 Å². The summed E-state index contributed by atoms with van der Waals surface area (Å²) < 4.78 is 12.7. The number of allylic oxidation sites excluding steroid dienone is 1. The quantitative estimate of drug-likeness (QED) is 0.223. The van der Waals surface area contributed by atoms with E-state index in [-0.39, 0.29) is 42.9 Å². The first-order valence-electron chi connectivity index (χ1n) is 21.2. The van der Waals surface area contributed by atoms with Crippen molar-refractivity contribution in [2.24, 2.45) is 45.9 Å².